The van der Waals surface area contributed by atoms with Crippen molar-refractivity contribution >= 4 is 17.0 Å². The van der Waals surface area contributed by atoms with Crippen LogP contribution in [0.1, 0.15) is 30.9 Å². The summed E-state index contributed by atoms with van der Waals surface area (Å²) >= 11 is 1.52. The van der Waals surface area contributed by atoms with Crippen molar-refractivity contribution in [1.29, 1.82) is 0 Å². The first kappa shape index (κ1) is 13.2. The maximum Gasteiger partial charge on any atom is 0.353 e. The fourth-order valence-electron chi connectivity index (χ4n) is 2.46. The molecule has 0 spiro atoms. The van der Waals surface area contributed by atoms with Crippen LogP contribution in [0.25, 0.3) is 16.3 Å². The molecule has 0 unspecified atom stereocenters. The lowest BCUT2D eigenvalue weighted by molar-refractivity contribution is 0.413. The molecular formula is C14H12N6OS. The molecule has 110 valence electrons. The van der Waals surface area contributed by atoms with Gasteiger partial charge in [0.2, 0.25) is 0 Å². The Labute approximate surface area is 129 Å². The zero-order valence-corrected chi connectivity index (χ0v) is 12.5. The van der Waals surface area contributed by atoms with Crippen molar-refractivity contribution in [1.82, 2.24) is 29.4 Å². The molecule has 3 aromatic rings. The minimum Gasteiger partial charge on any atom is -0.245 e. The van der Waals surface area contributed by atoms with Crippen molar-refractivity contribution in [2.45, 2.75) is 31.7 Å². The number of thiazole rings is 1. The van der Waals surface area contributed by atoms with E-state index in [9.17, 15) is 4.79 Å². The number of nitrogens with zero attached hydrogens (tertiary/aromatic N) is 6. The van der Waals surface area contributed by atoms with E-state index in [1.54, 1.807) is 0 Å². The molecule has 0 aliphatic heterocycles. The van der Waals surface area contributed by atoms with Gasteiger partial charge in [0.05, 0.1) is 5.69 Å². The highest BCUT2D eigenvalue weighted by molar-refractivity contribution is 7.13. The van der Waals surface area contributed by atoms with Crippen LogP contribution in [0, 0.1) is 12.3 Å². The van der Waals surface area contributed by atoms with Crippen LogP contribution in [-0.4, -0.2) is 29.4 Å². The number of terminal acetylenes is 1. The molecule has 1 aliphatic rings. The van der Waals surface area contributed by atoms with Gasteiger partial charge in [-0.2, -0.15) is 4.68 Å². The third-order valence-electron chi connectivity index (χ3n) is 3.91. The second-order valence-electron chi connectivity index (χ2n) is 5.23. The summed E-state index contributed by atoms with van der Waals surface area (Å²) in [6.45, 7) is 0.0817. The van der Waals surface area contributed by atoms with Gasteiger partial charge in [0, 0.05) is 11.3 Å². The smallest absolute Gasteiger partial charge is 0.245 e. The molecule has 0 saturated heterocycles. The standard InChI is InChI=1S/C14H12N6OS/c1-2-6-20-14(21)19-8-15-11(12(19)17-18-20)13-16-10(7-22-13)9-4-3-5-9/h1,7-9H,3-6H2. The molecule has 7 nitrogen and oxygen atoms in total. The van der Waals surface area contributed by atoms with Gasteiger partial charge in [0.25, 0.3) is 0 Å². The van der Waals surface area contributed by atoms with Crippen LogP contribution in [-0.2, 0) is 6.54 Å². The molecule has 0 radical (unpaired) electrons. The second kappa shape index (κ2) is 5.03. The van der Waals surface area contributed by atoms with Gasteiger partial charge in [-0.05, 0) is 12.8 Å². The first-order chi connectivity index (χ1) is 10.8. The molecule has 0 aromatic carbocycles. The monoisotopic (exact) mass is 312 g/mol. The largest absolute Gasteiger partial charge is 0.353 e. The molecule has 3 heterocycles. The average Bonchev–Trinajstić information content (AvgIpc) is 3.07. The topological polar surface area (TPSA) is 78.0 Å². The minimum absolute atomic E-state index is 0.0817. The lowest BCUT2D eigenvalue weighted by Gasteiger charge is -2.22. The zero-order valence-electron chi connectivity index (χ0n) is 11.6. The fourth-order valence-corrected chi connectivity index (χ4v) is 3.35. The van der Waals surface area contributed by atoms with E-state index in [1.165, 1.54) is 41.3 Å². The van der Waals surface area contributed by atoms with Gasteiger partial charge in [-0.1, -0.05) is 17.6 Å². The summed E-state index contributed by atoms with van der Waals surface area (Å²) < 4.78 is 2.48. The van der Waals surface area contributed by atoms with Gasteiger partial charge in [0.15, 0.2) is 5.65 Å². The molecule has 3 aromatic heterocycles. The third-order valence-corrected chi connectivity index (χ3v) is 4.77. The van der Waals surface area contributed by atoms with Gasteiger partial charge in [-0.15, -0.1) is 22.9 Å². The van der Waals surface area contributed by atoms with Crippen LogP contribution in [0.4, 0.5) is 0 Å². The second-order valence-corrected chi connectivity index (χ2v) is 6.08. The van der Waals surface area contributed by atoms with Crippen LogP contribution >= 0.6 is 11.3 Å². The maximum absolute atomic E-state index is 12.2. The van der Waals surface area contributed by atoms with Crippen molar-refractivity contribution in [3.05, 3.63) is 27.9 Å². The molecule has 0 atom stereocenters. The number of rotatable bonds is 3. The summed E-state index contributed by atoms with van der Waals surface area (Å²) in [5.74, 6) is 2.94. The Kier molecular flexibility index (Phi) is 3.01. The minimum atomic E-state index is -0.350. The Balaban J connectivity index is 1.79. The van der Waals surface area contributed by atoms with Gasteiger partial charge in [-0.3, -0.25) is 0 Å². The molecule has 4 rings (SSSR count). The van der Waals surface area contributed by atoms with Crippen LogP contribution in [0.3, 0.4) is 0 Å². The average molecular weight is 312 g/mol. The molecule has 22 heavy (non-hydrogen) atoms. The van der Waals surface area contributed by atoms with Crippen molar-refractivity contribution < 1.29 is 0 Å². The molecule has 1 fully saturated rings. The molecule has 1 saturated carbocycles. The normalized spacial score (nSPS) is 14.9. The molecular weight excluding hydrogens is 300 g/mol. The number of fused-ring (bicyclic) bond motifs is 1. The van der Waals surface area contributed by atoms with Gasteiger partial charge in [0.1, 0.15) is 23.6 Å². The van der Waals surface area contributed by atoms with Crippen molar-refractivity contribution in [3.8, 4) is 23.0 Å². The first-order valence-electron chi connectivity index (χ1n) is 6.98. The summed E-state index contributed by atoms with van der Waals surface area (Å²) in [7, 11) is 0. The van der Waals surface area contributed by atoms with E-state index < -0.39 is 0 Å². The lowest BCUT2D eigenvalue weighted by Crippen LogP contribution is -2.29. The predicted molar refractivity (Wildman–Crippen MR) is 81.6 cm³/mol. The quantitative estimate of drug-likeness (QED) is 0.681. The van der Waals surface area contributed by atoms with Crippen LogP contribution in [0.2, 0.25) is 0 Å². The van der Waals surface area contributed by atoms with Crippen LogP contribution < -0.4 is 5.69 Å². The van der Waals surface area contributed by atoms with Crippen molar-refractivity contribution in [2.75, 3.05) is 0 Å². The number of hydrogen-bond donors (Lipinski definition) is 0. The van der Waals surface area contributed by atoms with Crippen LogP contribution in [0.5, 0.6) is 0 Å². The van der Waals surface area contributed by atoms with E-state index in [-0.39, 0.29) is 12.2 Å². The zero-order chi connectivity index (χ0) is 15.1. The Morgan fingerprint density at radius 3 is 3.05 bits per heavy atom. The SMILES string of the molecule is C#CCn1nnc2c(-c3nc(C4CCC4)cs3)ncn2c1=O. The highest BCUT2D eigenvalue weighted by Crippen LogP contribution is 2.38. The van der Waals surface area contributed by atoms with Gasteiger partial charge in [-0.25, -0.2) is 19.2 Å². The van der Waals surface area contributed by atoms with E-state index in [0.717, 1.165) is 15.4 Å². The lowest BCUT2D eigenvalue weighted by atomic mass is 9.83. The van der Waals surface area contributed by atoms with Crippen molar-refractivity contribution in [2.24, 2.45) is 0 Å². The summed E-state index contributed by atoms with van der Waals surface area (Å²) in [6, 6.07) is 0. The van der Waals surface area contributed by atoms with E-state index in [2.05, 4.69) is 31.6 Å². The predicted octanol–water partition coefficient (Wildman–Crippen LogP) is 1.31. The van der Waals surface area contributed by atoms with E-state index >= 15 is 0 Å². The number of aromatic nitrogens is 6. The van der Waals surface area contributed by atoms with Crippen molar-refractivity contribution in [3.63, 3.8) is 0 Å². The molecule has 0 N–H and O–H groups in total. The first-order valence-corrected chi connectivity index (χ1v) is 7.86. The van der Waals surface area contributed by atoms with E-state index in [4.69, 9.17) is 6.42 Å². The van der Waals surface area contributed by atoms with Crippen LogP contribution in [0.15, 0.2) is 16.5 Å². The summed E-state index contributed by atoms with van der Waals surface area (Å²) in [5, 5.41) is 10.8. The summed E-state index contributed by atoms with van der Waals surface area (Å²) in [5.41, 5.74) is 1.76. The molecule has 8 heteroatoms. The molecule has 0 bridgehead atoms. The van der Waals surface area contributed by atoms with E-state index in [1.807, 2.05) is 0 Å². The van der Waals surface area contributed by atoms with E-state index in [0.29, 0.717) is 17.3 Å². The number of imidazole rings is 1. The Morgan fingerprint density at radius 1 is 1.45 bits per heavy atom. The number of hydrogen-bond acceptors (Lipinski definition) is 6. The fraction of sp³-hybridized carbons (Fsp3) is 0.357. The molecule has 1 aliphatic carbocycles. The maximum atomic E-state index is 12.2. The summed E-state index contributed by atoms with van der Waals surface area (Å²) in [4.78, 5) is 21.1. The Morgan fingerprint density at radius 2 is 2.32 bits per heavy atom. The van der Waals surface area contributed by atoms with Gasteiger partial charge < -0.3 is 0 Å². The Hall–Kier alpha value is -2.53. The third kappa shape index (κ3) is 1.94. The Bertz CT molecular complexity index is 942. The highest BCUT2D eigenvalue weighted by Gasteiger charge is 2.23. The van der Waals surface area contributed by atoms with Gasteiger partial charge >= 0.3 is 5.69 Å². The summed E-state index contributed by atoms with van der Waals surface area (Å²) in [6.07, 6.45) is 10.3. The highest BCUT2D eigenvalue weighted by atomic mass is 32.1. The molecule has 0 amide bonds.